The molecule has 3 heteroatoms. The Hall–Kier alpha value is -0.100. The molecule has 0 amide bonds. The largest absolute Gasteiger partial charge is 0.462 e. The van der Waals surface area contributed by atoms with E-state index in [1.54, 1.807) is 0 Å². The van der Waals surface area contributed by atoms with Crippen molar-refractivity contribution in [1.29, 1.82) is 0 Å². The van der Waals surface area contributed by atoms with Gasteiger partial charge in [0.1, 0.15) is 6.61 Å². The Kier molecular flexibility index (Phi) is 5.05. The number of carbonyl (C=O) groups excluding carboxylic acids is 1. The zero-order chi connectivity index (χ0) is 11.3. The highest BCUT2D eigenvalue weighted by atomic mass is 31.2. The predicted octanol–water partition coefficient (Wildman–Crippen LogP) is 3.02. The molecule has 1 heterocycles. The van der Waals surface area contributed by atoms with Crippen LogP contribution in [0.4, 0.5) is 0 Å². The van der Waals surface area contributed by atoms with Crippen molar-refractivity contribution in [2.45, 2.75) is 33.1 Å². The first kappa shape index (κ1) is 13.0. The minimum absolute atomic E-state index is 0.0108. The summed E-state index contributed by atoms with van der Waals surface area (Å²) < 4.78 is 5.31. The number of rotatable bonds is 5. The van der Waals surface area contributed by atoms with E-state index in [-0.39, 0.29) is 11.9 Å². The van der Waals surface area contributed by atoms with Gasteiger partial charge in [0.25, 0.3) is 0 Å². The van der Waals surface area contributed by atoms with Crippen LogP contribution in [0.25, 0.3) is 0 Å². The first-order valence-electron chi connectivity index (χ1n) is 6.07. The molecule has 1 fully saturated rings. The molecule has 88 valence electrons. The SMILES string of the molecule is CCC(C)C(=O)OCC[P+]1(C)CCCC1. The van der Waals surface area contributed by atoms with Crippen molar-refractivity contribution in [1.82, 2.24) is 0 Å². The minimum atomic E-state index is -0.692. The maximum atomic E-state index is 11.4. The molecule has 1 unspecified atom stereocenters. The van der Waals surface area contributed by atoms with Crippen LogP contribution in [0.1, 0.15) is 33.1 Å². The third-order valence-corrected chi connectivity index (χ3v) is 7.59. The quantitative estimate of drug-likeness (QED) is 0.537. The van der Waals surface area contributed by atoms with Gasteiger partial charge in [-0.3, -0.25) is 4.79 Å². The van der Waals surface area contributed by atoms with E-state index in [0.29, 0.717) is 6.61 Å². The van der Waals surface area contributed by atoms with Crippen molar-refractivity contribution in [2.75, 3.05) is 31.8 Å². The van der Waals surface area contributed by atoms with Gasteiger partial charge >= 0.3 is 5.97 Å². The summed E-state index contributed by atoms with van der Waals surface area (Å²) in [4.78, 5) is 11.4. The van der Waals surface area contributed by atoms with Crippen LogP contribution >= 0.6 is 7.26 Å². The molecule has 0 saturated carbocycles. The molecule has 0 radical (unpaired) electrons. The number of hydrogen-bond donors (Lipinski definition) is 0. The first-order valence-corrected chi connectivity index (χ1v) is 8.87. The van der Waals surface area contributed by atoms with Crippen molar-refractivity contribution in [3.63, 3.8) is 0 Å². The zero-order valence-corrected chi connectivity index (χ0v) is 11.2. The van der Waals surface area contributed by atoms with E-state index < -0.39 is 7.26 Å². The molecule has 0 aromatic rings. The van der Waals surface area contributed by atoms with Crippen molar-refractivity contribution in [2.24, 2.45) is 5.92 Å². The van der Waals surface area contributed by atoms with Gasteiger partial charge in [-0.05, 0) is 19.3 Å². The van der Waals surface area contributed by atoms with Gasteiger partial charge in [-0.25, -0.2) is 0 Å². The second-order valence-electron chi connectivity index (χ2n) is 4.97. The van der Waals surface area contributed by atoms with Crippen molar-refractivity contribution < 1.29 is 9.53 Å². The van der Waals surface area contributed by atoms with Crippen molar-refractivity contribution in [3.05, 3.63) is 0 Å². The molecular formula is C12H24O2P+. The van der Waals surface area contributed by atoms with Gasteiger partial charge < -0.3 is 4.74 Å². The Balaban J connectivity index is 2.18. The van der Waals surface area contributed by atoms with Crippen LogP contribution in [0.2, 0.25) is 0 Å². The molecule has 1 aliphatic heterocycles. The van der Waals surface area contributed by atoms with E-state index >= 15 is 0 Å². The van der Waals surface area contributed by atoms with Gasteiger partial charge in [-0.15, -0.1) is 0 Å². The highest BCUT2D eigenvalue weighted by Crippen LogP contribution is 2.60. The Morgan fingerprint density at radius 2 is 2.00 bits per heavy atom. The van der Waals surface area contributed by atoms with E-state index in [0.717, 1.165) is 12.6 Å². The fourth-order valence-electron chi connectivity index (χ4n) is 2.00. The van der Waals surface area contributed by atoms with Crippen molar-refractivity contribution >= 4 is 13.2 Å². The molecule has 0 aliphatic carbocycles. The second kappa shape index (κ2) is 5.84. The van der Waals surface area contributed by atoms with E-state index in [4.69, 9.17) is 4.74 Å². The highest BCUT2D eigenvalue weighted by molar-refractivity contribution is 7.75. The van der Waals surface area contributed by atoms with Crippen LogP contribution < -0.4 is 0 Å². The van der Waals surface area contributed by atoms with Gasteiger partial charge in [0, 0.05) is 13.9 Å². The Morgan fingerprint density at radius 1 is 1.40 bits per heavy atom. The standard InChI is InChI=1S/C12H24O2P/c1-4-11(2)12(13)14-7-10-15(3)8-5-6-9-15/h11H,4-10H2,1-3H3/q+1. The fraction of sp³-hybridized carbons (Fsp3) is 0.917. The second-order valence-corrected chi connectivity index (χ2v) is 9.55. The average Bonchev–Trinajstić information content (AvgIpc) is 2.64. The van der Waals surface area contributed by atoms with Crippen molar-refractivity contribution in [3.8, 4) is 0 Å². The lowest BCUT2D eigenvalue weighted by molar-refractivity contribution is -0.147. The van der Waals surface area contributed by atoms with Crippen LogP contribution in [-0.2, 0) is 9.53 Å². The van der Waals surface area contributed by atoms with Crippen LogP contribution in [-0.4, -0.2) is 37.7 Å². The molecule has 1 aliphatic rings. The molecule has 1 saturated heterocycles. The molecule has 1 rings (SSSR count). The van der Waals surface area contributed by atoms with Gasteiger partial charge in [-0.1, -0.05) is 13.8 Å². The molecule has 0 aromatic carbocycles. The molecule has 0 N–H and O–H groups in total. The van der Waals surface area contributed by atoms with E-state index in [9.17, 15) is 4.79 Å². The van der Waals surface area contributed by atoms with E-state index in [1.807, 2.05) is 13.8 Å². The Morgan fingerprint density at radius 3 is 2.53 bits per heavy atom. The average molecular weight is 231 g/mol. The van der Waals surface area contributed by atoms with Gasteiger partial charge in [0.2, 0.25) is 0 Å². The summed E-state index contributed by atoms with van der Waals surface area (Å²) in [5.74, 6) is 0.0583. The van der Waals surface area contributed by atoms with Crippen LogP contribution in [0.5, 0.6) is 0 Å². The lowest BCUT2D eigenvalue weighted by atomic mass is 10.1. The zero-order valence-electron chi connectivity index (χ0n) is 10.3. The van der Waals surface area contributed by atoms with Crippen LogP contribution in [0, 0.1) is 5.92 Å². The Bertz CT molecular complexity index is 210. The van der Waals surface area contributed by atoms with Gasteiger partial charge in [-0.2, -0.15) is 0 Å². The summed E-state index contributed by atoms with van der Waals surface area (Å²) in [6, 6.07) is 0. The lowest BCUT2D eigenvalue weighted by Gasteiger charge is -2.17. The Labute approximate surface area is 94.1 Å². The monoisotopic (exact) mass is 231 g/mol. The first-order chi connectivity index (χ1) is 7.07. The van der Waals surface area contributed by atoms with Crippen LogP contribution in [0.15, 0.2) is 0 Å². The summed E-state index contributed by atoms with van der Waals surface area (Å²) in [7, 11) is -0.692. The predicted molar refractivity (Wildman–Crippen MR) is 67.1 cm³/mol. The number of ether oxygens (including phenoxy) is 1. The third-order valence-electron chi connectivity index (χ3n) is 3.54. The molecule has 15 heavy (non-hydrogen) atoms. The van der Waals surface area contributed by atoms with Crippen LogP contribution in [0.3, 0.4) is 0 Å². The molecule has 1 atom stereocenters. The van der Waals surface area contributed by atoms with E-state index in [2.05, 4.69) is 6.66 Å². The lowest BCUT2D eigenvalue weighted by Crippen LogP contribution is -2.17. The summed E-state index contributed by atoms with van der Waals surface area (Å²) in [5, 5.41) is 0. The normalized spacial score (nSPS) is 21.3. The number of esters is 1. The summed E-state index contributed by atoms with van der Waals surface area (Å²) in [5.41, 5.74) is 0. The summed E-state index contributed by atoms with van der Waals surface area (Å²) >= 11 is 0. The highest BCUT2D eigenvalue weighted by Gasteiger charge is 2.35. The number of carbonyl (C=O) groups is 1. The smallest absolute Gasteiger partial charge is 0.308 e. The van der Waals surface area contributed by atoms with Gasteiger partial charge in [0.15, 0.2) is 0 Å². The maximum Gasteiger partial charge on any atom is 0.308 e. The van der Waals surface area contributed by atoms with Gasteiger partial charge in [0.05, 0.1) is 24.4 Å². The molecular weight excluding hydrogens is 207 g/mol. The molecule has 0 bridgehead atoms. The number of hydrogen-bond acceptors (Lipinski definition) is 2. The summed E-state index contributed by atoms with van der Waals surface area (Å²) in [6.07, 6.45) is 7.63. The fourth-order valence-corrected chi connectivity index (χ4v) is 5.17. The topological polar surface area (TPSA) is 26.3 Å². The molecule has 0 spiro atoms. The van der Waals surface area contributed by atoms with E-state index in [1.165, 1.54) is 25.2 Å². The summed E-state index contributed by atoms with van der Waals surface area (Å²) in [6.45, 7) is 7.05. The maximum absolute atomic E-state index is 11.4. The molecule has 0 aromatic heterocycles. The third kappa shape index (κ3) is 4.10. The molecule has 2 nitrogen and oxygen atoms in total. The minimum Gasteiger partial charge on any atom is -0.462 e.